The number of hydrogen-bond donors (Lipinski definition) is 1. The molecular weight excluding hydrogens is 227 g/mol. The maximum atomic E-state index is 12.1. The van der Waals surface area contributed by atoms with Crippen molar-refractivity contribution in [3.63, 3.8) is 0 Å². The fourth-order valence-electron chi connectivity index (χ4n) is 1.26. The smallest absolute Gasteiger partial charge is 0.308 e. The Morgan fingerprint density at radius 2 is 1.79 bits per heavy atom. The molecule has 0 amide bonds. The van der Waals surface area contributed by atoms with Crippen molar-refractivity contribution in [2.24, 2.45) is 0 Å². The quantitative estimate of drug-likeness (QED) is 0.569. The number of rotatable bonds is 6. The first kappa shape index (κ1) is 12.3. The fraction of sp³-hybridized carbons (Fsp3) is 1.00. The summed E-state index contributed by atoms with van der Waals surface area (Å²) in [6, 6.07) is 0. The molecule has 1 unspecified atom stereocenters. The molecule has 1 atom stereocenters. The van der Waals surface area contributed by atoms with Crippen molar-refractivity contribution in [3.05, 3.63) is 0 Å². The Morgan fingerprint density at radius 1 is 1.36 bits per heavy atom. The minimum atomic E-state index is -3.42. The highest BCUT2D eigenvalue weighted by Crippen LogP contribution is 2.72. The lowest BCUT2D eigenvalue weighted by Crippen LogP contribution is -2.19. The molecular formula is C7H15O5PS. The molecule has 1 aliphatic rings. The van der Waals surface area contributed by atoms with E-state index in [0.717, 1.165) is 0 Å². The first-order valence-corrected chi connectivity index (χ1v) is 7.17. The lowest BCUT2D eigenvalue weighted by molar-refractivity contribution is 0.215. The van der Waals surface area contributed by atoms with Crippen LogP contribution >= 0.6 is 7.60 Å². The van der Waals surface area contributed by atoms with Crippen LogP contribution in [0.15, 0.2) is 0 Å². The Balaban J connectivity index is 2.87. The third-order valence-electron chi connectivity index (χ3n) is 2.10. The summed E-state index contributed by atoms with van der Waals surface area (Å²) in [5.74, 6) is 0. The maximum Gasteiger partial charge on any atom is 0.351 e. The van der Waals surface area contributed by atoms with E-state index in [1.54, 1.807) is 13.8 Å². The van der Waals surface area contributed by atoms with Crippen LogP contribution in [0.4, 0.5) is 0 Å². The predicted octanol–water partition coefficient (Wildman–Crippen LogP) is 1.96. The molecule has 0 aromatic heterocycles. The second-order valence-electron chi connectivity index (χ2n) is 3.03. The zero-order chi connectivity index (χ0) is 10.8. The van der Waals surface area contributed by atoms with E-state index in [2.05, 4.69) is 0 Å². The topological polar surface area (TPSA) is 72.8 Å². The molecule has 0 radical (unpaired) electrons. The van der Waals surface area contributed by atoms with Crippen molar-refractivity contribution in [2.75, 3.05) is 13.2 Å². The molecule has 1 rings (SSSR count). The molecule has 84 valence electrons. The molecule has 1 N–H and O–H groups in total. The first-order chi connectivity index (χ1) is 6.52. The third-order valence-corrected chi connectivity index (χ3v) is 6.94. The van der Waals surface area contributed by atoms with Crippen LogP contribution in [0.1, 0.15) is 26.7 Å². The largest absolute Gasteiger partial charge is 0.351 e. The number of hydrogen-bond acceptors (Lipinski definition) is 4. The molecule has 1 aliphatic carbocycles. The summed E-state index contributed by atoms with van der Waals surface area (Å²) in [5, 5.41) is 0. The van der Waals surface area contributed by atoms with Crippen LogP contribution < -0.4 is 0 Å². The molecule has 0 aliphatic heterocycles. The molecule has 0 aromatic carbocycles. The van der Waals surface area contributed by atoms with Crippen molar-refractivity contribution >= 4 is 18.7 Å². The van der Waals surface area contributed by atoms with Gasteiger partial charge in [-0.1, -0.05) is 0 Å². The van der Waals surface area contributed by atoms with Gasteiger partial charge in [0.15, 0.2) is 15.6 Å². The average Bonchev–Trinajstić information content (AvgIpc) is 2.84. The summed E-state index contributed by atoms with van der Waals surface area (Å²) in [5.41, 5.74) is 0. The first-order valence-electron chi connectivity index (χ1n) is 4.52. The van der Waals surface area contributed by atoms with E-state index in [4.69, 9.17) is 13.6 Å². The predicted molar refractivity (Wildman–Crippen MR) is 53.6 cm³/mol. The highest BCUT2D eigenvalue weighted by Gasteiger charge is 2.65. The van der Waals surface area contributed by atoms with Gasteiger partial charge in [-0.05, 0) is 26.7 Å². The van der Waals surface area contributed by atoms with Crippen molar-refractivity contribution in [1.29, 1.82) is 0 Å². The fourth-order valence-corrected chi connectivity index (χ4v) is 4.68. The van der Waals surface area contributed by atoms with Gasteiger partial charge in [-0.15, -0.1) is 0 Å². The van der Waals surface area contributed by atoms with Gasteiger partial charge in [-0.2, -0.15) is 0 Å². The van der Waals surface area contributed by atoms with E-state index in [1.165, 1.54) is 0 Å². The molecule has 0 spiro atoms. The van der Waals surface area contributed by atoms with E-state index in [0.29, 0.717) is 12.8 Å². The molecule has 5 nitrogen and oxygen atoms in total. The lowest BCUT2D eigenvalue weighted by atomic mass is 10.9. The Hall–Kier alpha value is 0.260. The van der Waals surface area contributed by atoms with Gasteiger partial charge in [0.25, 0.3) is 0 Å². The molecule has 0 saturated heterocycles. The van der Waals surface area contributed by atoms with Crippen LogP contribution in [0.25, 0.3) is 0 Å². The minimum Gasteiger partial charge on any atom is -0.308 e. The normalized spacial score (nSPS) is 21.9. The Kier molecular flexibility index (Phi) is 3.88. The molecule has 0 aromatic rings. The Labute approximate surface area is 86.0 Å². The maximum absolute atomic E-state index is 12.1. The summed E-state index contributed by atoms with van der Waals surface area (Å²) in [7, 11) is -3.42. The molecule has 14 heavy (non-hydrogen) atoms. The van der Waals surface area contributed by atoms with Crippen molar-refractivity contribution in [2.45, 2.75) is 31.2 Å². The van der Waals surface area contributed by atoms with Crippen LogP contribution in [0.5, 0.6) is 0 Å². The average molecular weight is 242 g/mol. The van der Waals surface area contributed by atoms with E-state index in [-0.39, 0.29) is 13.2 Å². The van der Waals surface area contributed by atoms with Gasteiger partial charge < -0.3 is 13.6 Å². The van der Waals surface area contributed by atoms with E-state index in [1.807, 2.05) is 0 Å². The van der Waals surface area contributed by atoms with Crippen molar-refractivity contribution in [3.8, 4) is 0 Å². The van der Waals surface area contributed by atoms with Crippen molar-refractivity contribution in [1.82, 2.24) is 0 Å². The molecule has 7 heteroatoms. The molecule has 0 bridgehead atoms. The van der Waals surface area contributed by atoms with Gasteiger partial charge in [-0.25, -0.2) is 4.21 Å². The second kappa shape index (κ2) is 4.41. The molecule has 1 saturated carbocycles. The van der Waals surface area contributed by atoms with Gasteiger partial charge in [0, 0.05) is 0 Å². The Bertz CT molecular complexity index is 265. The van der Waals surface area contributed by atoms with Gasteiger partial charge in [0.1, 0.15) is 0 Å². The SMILES string of the molecule is CCOP(=O)(OCC)C1(S(=O)O)CC1. The summed E-state index contributed by atoms with van der Waals surface area (Å²) in [6.45, 7) is 3.80. The zero-order valence-electron chi connectivity index (χ0n) is 8.26. The second-order valence-corrected chi connectivity index (χ2v) is 6.98. The summed E-state index contributed by atoms with van der Waals surface area (Å²) >= 11 is -2.15. The highest BCUT2D eigenvalue weighted by atomic mass is 32.2. The van der Waals surface area contributed by atoms with E-state index < -0.39 is 23.2 Å². The van der Waals surface area contributed by atoms with E-state index >= 15 is 0 Å². The van der Waals surface area contributed by atoms with Crippen LogP contribution in [-0.2, 0) is 24.7 Å². The Morgan fingerprint density at radius 3 is 2.00 bits per heavy atom. The summed E-state index contributed by atoms with van der Waals surface area (Å²) < 4.78 is 41.2. The van der Waals surface area contributed by atoms with Crippen LogP contribution in [-0.4, -0.2) is 26.5 Å². The van der Waals surface area contributed by atoms with Crippen LogP contribution in [0.2, 0.25) is 0 Å². The minimum absolute atomic E-state index is 0.218. The summed E-state index contributed by atoms with van der Waals surface area (Å²) in [6.07, 6.45) is 0.848. The highest BCUT2D eigenvalue weighted by molar-refractivity contribution is 7.90. The standard InChI is InChI=1S/C7H15O5PS/c1-3-11-13(8,12-4-2)7(5-6-7)14(9)10/h3-6H2,1-2H3,(H,9,10). The molecule has 1 fully saturated rings. The van der Waals surface area contributed by atoms with Crippen LogP contribution in [0, 0.1) is 0 Å². The summed E-state index contributed by atoms with van der Waals surface area (Å²) in [4.78, 5) is 0. The monoisotopic (exact) mass is 242 g/mol. The van der Waals surface area contributed by atoms with Gasteiger partial charge in [-0.3, -0.25) is 4.57 Å². The van der Waals surface area contributed by atoms with Crippen molar-refractivity contribution < 1.29 is 22.4 Å². The van der Waals surface area contributed by atoms with Gasteiger partial charge in [0.2, 0.25) is 0 Å². The van der Waals surface area contributed by atoms with Crippen LogP contribution in [0.3, 0.4) is 0 Å². The van der Waals surface area contributed by atoms with Gasteiger partial charge >= 0.3 is 7.60 Å². The van der Waals surface area contributed by atoms with E-state index in [9.17, 15) is 8.77 Å². The third kappa shape index (κ3) is 1.95. The van der Waals surface area contributed by atoms with Gasteiger partial charge in [0.05, 0.1) is 13.2 Å². The zero-order valence-corrected chi connectivity index (χ0v) is 9.98. The molecule has 0 heterocycles. The lowest BCUT2D eigenvalue weighted by Gasteiger charge is -2.22.